The number of carbonyl (C=O) groups is 2. The van der Waals surface area contributed by atoms with E-state index in [-0.39, 0.29) is 23.8 Å². The van der Waals surface area contributed by atoms with Crippen molar-refractivity contribution in [3.8, 4) is 22.4 Å². The number of rotatable bonds is 8. The Morgan fingerprint density at radius 1 is 0.917 bits per heavy atom. The first-order valence-corrected chi connectivity index (χ1v) is 15.7. The largest absolute Gasteiger partial charge is 0.465 e. The summed E-state index contributed by atoms with van der Waals surface area (Å²) in [5.41, 5.74) is 6.95. The van der Waals surface area contributed by atoms with Crippen molar-refractivity contribution in [3.63, 3.8) is 0 Å². The van der Waals surface area contributed by atoms with E-state index in [0.29, 0.717) is 27.6 Å². The van der Waals surface area contributed by atoms with Crippen molar-refractivity contribution >= 4 is 39.6 Å². The molecule has 0 atom stereocenters. The molecule has 0 aliphatic carbocycles. The maximum Gasteiger partial charge on any atom is 0.405 e. The number of hydrogen-bond donors (Lipinski definition) is 5. The normalized spacial score (nSPS) is 13.9. The number of imidazole rings is 1. The smallest absolute Gasteiger partial charge is 0.405 e. The van der Waals surface area contributed by atoms with Gasteiger partial charge in [-0.2, -0.15) is 0 Å². The predicted molar refractivity (Wildman–Crippen MR) is 184 cm³/mol. The molecule has 0 bridgehead atoms. The van der Waals surface area contributed by atoms with Gasteiger partial charge in [0.1, 0.15) is 6.54 Å². The third kappa shape index (κ3) is 6.33. The minimum Gasteiger partial charge on any atom is -0.465 e. The fourth-order valence-corrected chi connectivity index (χ4v) is 6.45. The number of H-pyrrole nitrogens is 2. The van der Waals surface area contributed by atoms with Gasteiger partial charge in [0.05, 0.1) is 27.6 Å². The summed E-state index contributed by atoms with van der Waals surface area (Å²) in [7, 11) is 0. The van der Waals surface area contributed by atoms with Gasteiger partial charge in [0.25, 0.3) is 5.56 Å². The lowest BCUT2D eigenvalue weighted by molar-refractivity contribution is -0.115. The second kappa shape index (κ2) is 13.0. The summed E-state index contributed by atoms with van der Waals surface area (Å²) in [5.74, 6) is -0.496. The Morgan fingerprint density at radius 3 is 2.44 bits per heavy atom. The van der Waals surface area contributed by atoms with Crippen LogP contribution in [0.25, 0.3) is 44.3 Å². The molecule has 0 spiro atoms. The Kier molecular flexibility index (Phi) is 8.30. The molecule has 1 aliphatic heterocycles. The number of aromatic amines is 2. The standard InChI is InChI=1S/C36H33N7O5/c44-32(20-38-36(47)48)39-25-10-11-30-31(18-25)43(35(46)41-30)26-13-16-42(17-14-26)21-22-6-8-24(9-7-22)33-27(23-4-2-1-3-5-23)19-28-29(40-33)12-15-37-34(28)45/h1-12,15,18-19,26,38H,13-14,16-17,20-21H2,(H,37,45)(H,39,44)(H,41,46)(H,47,48). The first kappa shape index (κ1) is 30.6. The van der Waals surface area contributed by atoms with Gasteiger partial charge in [-0.3, -0.25) is 19.1 Å². The summed E-state index contributed by atoms with van der Waals surface area (Å²) in [6.07, 6.45) is 1.90. The molecule has 48 heavy (non-hydrogen) atoms. The number of nitrogens with one attached hydrogen (secondary N) is 4. The zero-order valence-electron chi connectivity index (χ0n) is 25.9. The monoisotopic (exact) mass is 643 g/mol. The fourth-order valence-electron chi connectivity index (χ4n) is 6.45. The molecule has 1 fully saturated rings. The topological polar surface area (TPSA) is 165 Å². The van der Waals surface area contributed by atoms with E-state index in [4.69, 9.17) is 10.1 Å². The highest BCUT2D eigenvalue weighted by atomic mass is 16.4. The number of fused-ring (bicyclic) bond motifs is 2. The highest BCUT2D eigenvalue weighted by Crippen LogP contribution is 2.33. The average molecular weight is 644 g/mol. The number of aromatic nitrogens is 4. The molecule has 0 radical (unpaired) electrons. The molecule has 7 rings (SSSR count). The van der Waals surface area contributed by atoms with E-state index >= 15 is 0 Å². The van der Waals surface area contributed by atoms with Crippen molar-refractivity contribution in [2.75, 3.05) is 25.0 Å². The van der Waals surface area contributed by atoms with E-state index in [1.54, 1.807) is 29.0 Å². The fraction of sp³-hybridized carbons (Fsp3) is 0.194. The number of benzene rings is 3. The number of amides is 2. The van der Waals surface area contributed by atoms with Crippen LogP contribution in [0.4, 0.5) is 10.5 Å². The van der Waals surface area contributed by atoms with Crippen molar-refractivity contribution in [2.24, 2.45) is 0 Å². The number of piperidine rings is 1. The van der Waals surface area contributed by atoms with Crippen LogP contribution in [-0.2, 0) is 11.3 Å². The molecule has 12 heteroatoms. The molecule has 6 aromatic rings. The second-order valence-electron chi connectivity index (χ2n) is 11.9. The molecule has 5 N–H and O–H groups in total. The lowest BCUT2D eigenvalue weighted by Gasteiger charge is -2.32. The number of likely N-dealkylation sites (tertiary alicyclic amines) is 1. The summed E-state index contributed by atoms with van der Waals surface area (Å²) in [4.78, 5) is 61.3. The minimum absolute atomic E-state index is 0.00729. The van der Waals surface area contributed by atoms with Gasteiger partial charge in [-0.1, -0.05) is 54.6 Å². The van der Waals surface area contributed by atoms with Crippen LogP contribution >= 0.6 is 0 Å². The number of pyridine rings is 2. The number of carboxylic acid groups (broad SMARTS) is 1. The van der Waals surface area contributed by atoms with Gasteiger partial charge in [0.2, 0.25) is 5.91 Å². The summed E-state index contributed by atoms with van der Waals surface area (Å²) >= 11 is 0. The zero-order valence-corrected chi connectivity index (χ0v) is 25.9. The van der Waals surface area contributed by atoms with Gasteiger partial charge in [-0.25, -0.2) is 14.6 Å². The third-order valence-corrected chi connectivity index (χ3v) is 8.79. The quantitative estimate of drug-likeness (QED) is 0.157. The lowest BCUT2D eigenvalue weighted by Crippen LogP contribution is -2.36. The van der Waals surface area contributed by atoms with Crippen LogP contribution in [0.2, 0.25) is 0 Å². The highest BCUT2D eigenvalue weighted by Gasteiger charge is 2.24. The molecule has 242 valence electrons. The molecule has 0 saturated carbocycles. The summed E-state index contributed by atoms with van der Waals surface area (Å²) in [6, 6.07) is 27.2. The average Bonchev–Trinajstić information content (AvgIpc) is 3.43. The third-order valence-electron chi connectivity index (χ3n) is 8.79. The van der Waals surface area contributed by atoms with Gasteiger partial charge in [-0.05, 0) is 54.3 Å². The lowest BCUT2D eigenvalue weighted by atomic mass is 9.97. The Bertz CT molecular complexity index is 2250. The van der Waals surface area contributed by atoms with Crippen LogP contribution < -0.4 is 21.9 Å². The Balaban J connectivity index is 1.05. The van der Waals surface area contributed by atoms with Gasteiger partial charge in [-0.15, -0.1) is 0 Å². The first-order valence-electron chi connectivity index (χ1n) is 15.7. The maximum absolute atomic E-state index is 13.0. The van der Waals surface area contributed by atoms with E-state index in [9.17, 15) is 19.2 Å². The number of anilines is 1. The first-order chi connectivity index (χ1) is 23.3. The molecule has 0 unspecified atom stereocenters. The van der Waals surface area contributed by atoms with Gasteiger partial charge in [0.15, 0.2) is 0 Å². The van der Waals surface area contributed by atoms with Gasteiger partial charge in [0, 0.05) is 48.7 Å². The molecule has 1 aliphatic rings. The number of carbonyl (C=O) groups excluding carboxylic acids is 1. The zero-order chi connectivity index (χ0) is 33.2. The van der Waals surface area contributed by atoms with Crippen LogP contribution in [-0.4, -0.2) is 61.2 Å². The molecular weight excluding hydrogens is 610 g/mol. The highest BCUT2D eigenvalue weighted by molar-refractivity contribution is 5.95. The molecule has 3 aromatic carbocycles. The molecule has 4 heterocycles. The van der Waals surface area contributed by atoms with Gasteiger partial charge < -0.3 is 25.7 Å². The SMILES string of the molecule is O=C(O)NCC(=O)Nc1ccc2[nH]c(=O)n(C3CCN(Cc4ccc(-c5nc6cc[nH]c(=O)c6cc5-c5ccccc5)cc4)CC3)c2c1. The Labute approximate surface area is 274 Å². The van der Waals surface area contributed by atoms with E-state index in [2.05, 4.69) is 44.5 Å². The molecule has 3 aromatic heterocycles. The van der Waals surface area contributed by atoms with Crippen molar-refractivity contribution in [1.29, 1.82) is 0 Å². The molecule has 1 saturated heterocycles. The van der Waals surface area contributed by atoms with E-state index in [1.807, 2.05) is 47.8 Å². The van der Waals surface area contributed by atoms with E-state index < -0.39 is 12.0 Å². The number of hydrogen-bond acceptors (Lipinski definition) is 6. The summed E-state index contributed by atoms with van der Waals surface area (Å²) < 4.78 is 1.77. The predicted octanol–water partition coefficient (Wildman–Crippen LogP) is 4.94. The molecular formula is C36H33N7O5. The van der Waals surface area contributed by atoms with Crippen molar-refractivity contribution < 1.29 is 14.7 Å². The maximum atomic E-state index is 13.0. The molecule has 2 amide bonds. The Morgan fingerprint density at radius 2 is 1.69 bits per heavy atom. The van der Waals surface area contributed by atoms with Gasteiger partial charge >= 0.3 is 11.8 Å². The van der Waals surface area contributed by atoms with E-state index in [1.165, 1.54) is 0 Å². The van der Waals surface area contributed by atoms with Crippen LogP contribution in [0.3, 0.4) is 0 Å². The van der Waals surface area contributed by atoms with Crippen LogP contribution in [0.15, 0.2) is 101 Å². The van der Waals surface area contributed by atoms with Crippen LogP contribution in [0.5, 0.6) is 0 Å². The van der Waals surface area contributed by atoms with Crippen molar-refractivity contribution in [2.45, 2.75) is 25.4 Å². The van der Waals surface area contributed by atoms with Crippen LogP contribution in [0.1, 0.15) is 24.4 Å². The summed E-state index contributed by atoms with van der Waals surface area (Å²) in [6.45, 7) is 2.01. The summed E-state index contributed by atoms with van der Waals surface area (Å²) in [5, 5.41) is 14.0. The van der Waals surface area contributed by atoms with Crippen LogP contribution in [0, 0.1) is 0 Å². The number of nitrogens with zero attached hydrogens (tertiary/aromatic N) is 3. The minimum atomic E-state index is -1.28. The van der Waals surface area contributed by atoms with Crippen molar-refractivity contribution in [1.82, 2.24) is 29.7 Å². The van der Waals surface area contributed by atoms with Crippen molar-refractivity contribution in [3.05, 3.63) is 118 Å². The molecule has 12 nitrogen and oxygen atoms in total. The van der Waals surface area contributed by atoms with E-state index in [0.717, 1.165) is 60.4 Å². The Hall–Kier alpha value is -6.01. The second-order valence-corrected chi connectivity index (χ2v) is 11.9.